The monoisotopic (exact) mass is 257 g/mol. The van der Waals surface area contributed by atoms with Gasteiger partial charge in [-0.1, -0.05) is 19.9 Å². The molecule has 1 heterocycles. The van der Waals surface area contributed by atoms with Crippen LogP contribution in [-0.2, 0) is 0 Å². The fraction of sp³-hybridized carbons (Fsp3) is 0.333. The van der Waals surface area contributed by atoms with Crippen molar-refractivity contribution < 1.29 is 4.74 Å². The van der Waals surface area contributed by atoms with Crippen LogP contribution in [0.15, 0.2) is 24.3 Å². The Morgan fingerprint density at radius 2 is 1.84 bits per heavy atom. The number of aromatic nitrogens is 2. The van der Waals surface area contributed by atoms with Gasteiger partial charge in [0.05, 0.1) is 5.69 Å². The molecule has 0 bridgehead atoms. The van der Waals surface area contributed by atoms with Gasteiger partial charge in [0.1, 0.15) is 5.82 Å². The molecule has 1 aromatic heterocycles. The van der Waals surface area contributed by atoms with E-state index >= 15 is 0 Å². The van der Waals surface area contributed by atoms with Crippen LogP contribution in [0.25, 0.3) is 0 Å². The quantitative estimate of drug-likeness (QED) is 0.853. The normalized spacial score (nSPS) is 10.8. The molecule has 0 saturated carbocycles. The molecule has 0 fully saturated rings. The van der Waals surface area contributed by atoms with Gasteiger partial charge in [-0.25, -0.2) is 4.98 Å². The molecule has 2 aromatic rings. The summed E-state index contributed by atoms with van der Waals surface area (Å²) in [5, 5.41) is 0. The Balaban J connectivity index is 2.35. The van der Waals surface area contributed by atoms with Gasteiger partial charge in [-0.15, -0.1) is 0 Å². The Bertz CT molecular complexity index is 594. The Morgan fingerprint density at radius 3 is 2.53 bits per heavy atom. The maximum absolute atomic E-state index is 5.90. The summed E-state index contributed by atoms with van der Waals surface area (Å²) < 4.78 is 5.79. The molecular formula is C15H19N3O. The summed E-state index contributed by atoms with van der Waals surface area (Å²) in [5.41, 5.74) is 8.49. The highest BCUT2D eigenvalue weighted by Gasteiger charge is 2.09. The Labute approximate surface area is 113 Å². The molecule has 0 atom stereocenters. The van der Waals surface area contributed by atoms with Crippen LogP contribution in [0.3, 0.4) is 0 Å². The second kappa shape index (κ2) is 5.26. The molecule has 0 aliphatic rings. The van der Waals surface area contributed by atoms with Gasteiger partial charge in [-0.2, -0.15) is 4.98 Å². The third-order valence-electron chi connectivity index (χ3n) is 2.75. The first-order valence-electron chi connectivity index (χ1n) is 6.35. The van der Waals surface area contributed by atoms with Crippen molar-refractivity contribution in [1.29, 1.82) is 0 Å². The summed E-state index contributed by atoms with van der Waals surface area (Å²) in [7, 11) is 0. The van der Waals surface area contributed by atoms with Crippen molar-refractivity contribution in [2.45, 2.75) is 33.6 Å². The van der Waals surface area contributed by atoms with Crippen molar-refractivity contribution >= 4 is 5.69 Å². The summed E-state index contributed by atoms with van der Waals surface area (Å²) in [6.45, 7) is 8.04. The number of hydrogen-bond donors (Lipinski definition) is 1. The van der Waals surface area contributed by atoms with Crippen molar-refractivity contribution in [3.05, 3.63) is 41.3 Å². The van der Waals surface area contributed by atoms with E-state index in [4.69, 9.17) is 10.5 Å². The van der Waals surface area contributed by atoms with E-state index in [-0.39, 0.29) is 5.92 Å². The van der Waals surface area contributed by atoms with Crippen LogP contribution < -0.4 is 10.5 Å². The number of rotatable bonds is 3. The van der Waals surface area contributed by atoms with Crippen molar-refractivity contribution in [3.8, 4) is 11.6 Å². The lowest BCUT2D eigenvalue weighted by Gasteiger charge is -2.11. The van der Waals surface area contributed by atoms with Gasteiger partial charge in [0.2, 0.25) is 5.88 Å². The van der Waals surface area contributed by atoms with Crippen molar-refractivity contribution in [2.75, 3.05) is 5.73 Å². The Kier molecular flexibility index (Phi) is 3.69. The third kappa shape index (κ3) is 3.22. The molecule has 0 saturated heterocycles. The molecule has 0 aliphatic carbocycles. The van der Waals surface area contributed by atoms with Crippen molar-refractivity contribution in [3.63, 3.8) is 0 Å². The average Bonchev–Trinajstić information content (AvgIpc) is 2.33. The highest BCUT2D eigenvalue weighted by Crippen LogP contribution is 2.28. The molecule has 100 valence electrons. The molecule has 0 spiro atoms. The minimum Gasteiger partial charge on any atom is -0.437 e. The van der Waals surface area contributed by atoms with Crippen LogP contribution in [-0.4, -0.2) is 9.97 Å². The first-order valence-corrected chi connectivity index (χ1v) is 6.35. The maximum Gasteiger partial charge on any atom is 0.222 e. The van der Waals surface area contributed by atoms with Gasteiger partial charge in [0, 0.05) is 17.7 Å². The predicted molar refractivity (Wildman–Crippen MR) is 76.5 cm³/mol. The van der Waals surface area contributed by atoms with Gasteiger partial charge in [0.25, 0.3) is 0 Å². The number of hydrogen-bond acceptors (Lipinski definition) is 4. The van der Waals surface area contributed by atoms with Gasteiger partial charge >= 0.3 is 0 Å². The topological polar surface area (TPSA) is 61.0 Å². The van der Waals surface area contributed by atoms with Crippen LogP contribution in [0.2, 0.25) is 0 Å². The van der Waals surface area contributed by atoms with Crippen molar-refractivity contribution in [2.24, 2.45) is 0 Å². The molecule has 4 nitrogen and oxygen atoms in total. The second-order valence-corrected chi connectivity index (χ2v) is 5.00. The zero-order chi connectivity index (χ0) is 14.0. The highest BCUT2D eigenvalue weighted by atomic mass is 16.5. The Hall–Kier alpha value is -2.10. The average molecular weight is 257 g/mol. The molecule has 0 unspecified atom stereocenters. The molecule has 1 aromatic carbocycles. The minimum absolute atomic E-state index is 0.261. The van der Waals surface area contributed by atoms with Crippen LogP contribution in [0.1, 0.15) is 36.8 Å². The van der Waals surface area contributed by atoms with E-state index in [2.05, 4.69) is 23.8 Å². The standard InChI is InChI=1S/C15H19N3O/c1-9(2)15-17-11(4)8-14(18-15)19-13-7-10(3)5-6-12(13)16/h5-9H,16H2,1-4H3. The van der Waals surface area contributed by atoms with E-state index < -0.39 is 0 Å². The summed E-state index contributed by atoms with van der Waals surface area (Å²) in [4.78, 5) is 8.80. The summed E-state index contributed by atoms with van der Waals surface area (Å²) >= 11 is 0. The summed E-state index contributed by atoms with van der Waals surface area (Å²) in [6.07, 6.45) is 0. The molecule has 4 heteroatoms. The molecular weight excluding hydrogens is 238 g/mol. The largest absolute Gasteiger partial charge is 0.437 e. The van der Waals surface area contributed by atoms with E-state index in [1.807, 2.05) is 38.1 Å². The van der Waals surface area contributed by atoms with E-state index in [9.17, 15) is 0 Å². The molecule has 0 aliphatic heterocycles. The van der Waals surface area contributed by atoms with Gasteiger partial charge in [-0.05, 0) is 31.5 Å². The smallest absolute Gasteiger partial charge is 0.222 e. The van der Waals surface area contributed by atoms with E-state index in [1.54, 1.807) is 0 Å². The minimum atomic E-state index is 0.261. The maximum atomic E-state index is 5.90. The van der Waals surface area contributed by atoms with Gasteiger partial charge in [0.15, 0.2) is 5.75 Å². The van der Waals surface area contributed by atoms with Crippen LogP contribution >= 0.6 is 0 Å². The molecule has 2 N–H and O–H groups in total. The van der Waals surface area contributed by atoms with E-state index in [0.717, 1.165) is 17.1 Å². The van der Waals surface area contributed by atoms with Crippen LogP contribution in [0, 0.1) is 13.8 Å². The SMILES string of the molecule is Cc1ccc(N)c(Oc2cc(C)nc(C(C)C)n2)c1. The zero-order valence-electron chi connectivity index (χ0n) is 11.8. The summed E-state index contributed by atoms with van der Waals surface area (Å²) in [6, 6.07) is 7.50. The number of ether oxygens (including phenoxy) is 1. The number of anilines is 1. The molecule has 0 radical (unpaired) electrons. The van der Waals surface area contributed by atoms with Crippen molar-refractivity contribution in [1.82, 2.24) is 9.97 Å². The number of aryl methyl sites for hydroxylation is 2. The number of nitrogens with two attached hydrogens (primary N) is 1. The van der Waals surface area contributed by atoms with Gasteiger partial charge < -0.3 is 10.5 Å². The molecule has 19 heavy (non-hydrogen) atoms. The Morgan fingerprint density at radius 1 is 1.11 bits per heavy atom. The van der Waals surface area contributed by atoms with Crippen LogP contribution in [0.4, 0.5) is 5.69 Å². The lowest BCUT2D eigenvalue weighted by atomic mass is 10.2. The predicted octanol–water partition coefficient (Wildman–Crippen LogP) is 3.59. The highest BCUT2D eigenvalue weighted by molar-refractivity contribution is 5.54. The first kappa shape index (κ1) is 13.3. The second-order valence-electron chi connectivity index (χ2n) is 5.00. The summed E-state index contributed by atoms with van der Waals surface area (Å²) in [5.74, 6) is 2.21. The van der Waals surface area contributed by atoms with Crippen LogP contribution in [0.5, 0.6) is 11.6 Å². The fourth-order valence-electron chi connectivity index (χ4n) is 1.71. The van der Waals surface area contributed by atoms with E-state index in [1.165, 1.54) is 0 Å². The lowest BCUT2D eigenvalue weighted by Crippen LogP contribution is -2.02. The fourth-order valence-corrected chi connectivity index (χ4v) is 1.71. The first-order chi connectivity index (χ1) is 8.95. The molecule has 2 rings (SSSR count). The third-order valence-corrected chi connectivity index (χ3v) is 2.75. The molecule has 0 amide bonds. The number of nitrogens with zero attached hydrogens (tertiary/aromatic N) is 2. The number of benzene rings is 1. The van der Waals surface area contributed by atoms with E-state index in [0.29, 0.717) is 17.3 Å². The van der Waals surface area contributed by atoms with Gasteiger partial charge in [-0.3, -0.25) is 0 Å². The zero-order valence-corrected chi connectivity index (χ0v) is 11.8. The lowest BCUT2D eigenvalue weighted by molar-refractivity contribution is 0.457. The number of nitrogen functional groups attached to an aromatic ring is 1.